The number of carbonyl (C=O) groups is 1. The minimum atomic E-state index is -0.148. The molecule has 1 aromatic heterocycles. The minimum absolute atomic E-state index is 0.147. The zero-order valence-corrected chi connectivity index (χ0v) is 14.1. The highest BCUT2D eigenvalue weighted by Crippen LogP contribution is 2.27. The second-order valence-corrected chi connectivity index (χ2v) is 6.53. The molecule has 0 radical (unpaired) electrons. The van der Waals surface area contributed by atoms with Gasteiger partial charge in [-0.2, -0.15) is 5.10 Å². The van der Waals surface area contributed by atoms with Crippen LogP contribution in [0.5, 0.6) is 5.75 Å². The van der Waals surface area contributed by atoms with Crippen LogP contribution in [-0.4, -0.2) is 38.7 Å². The third kappa shape index (κ3) is 3.48. The molecule has 24 heavy (non-hydrogen) atoms. The van der Waals surface area contributed by atoms with Crippen molar-refractivity contribution in [2.75, 3.05) is 12.3 Å². The Morgan fingerprint density at radius 1 is 1.46 bits per heavy atom. The first-order chi connectivity index (χ1) is 11.6. The third-order valence-electron chi connectivity index (χ3n) is 4.51. The maximum absolute atomic E-state index is 12.8. The van der Waals surface area contributed by atoms with Crippen molar-refractivity contribution in [3.8, 4) is 5.75 Å². The van der Waals surface area contributed by atoms with Crippen molar-refractivity contribution in [3.63, 3.8) is 0 Å². The zero-order valence-electron chi connectivity index (χ0n) is 13.3. The van der Waals surface area contributed by atoms with Gasteiger partial charge in [-0.15, -0.1) is 0 Å². The van der Waals surface area contributed by atoms with Gasteiger partial charge in [-0.1, -0.05) is 23.7 Å². The number of nitrogens with two attached hydrogens (primary N) is 1. The molecule has 0 spiro atoms. The van der Waals surface area contributed by atoms with Gasteiger partial charge in [-0.3, -0.25) is 9.89 Å². The molecule has 1 aliphatic rings. The first-order valence-corrected chi connectivity index (χ1v) is 8.52. The molecule has 0 bridgehead atoms. The molecule has 1 aliphatic heterocycles. The zero-order chi connectivity index (χ0) is 17.1. The first-order valence-electron chi connectivity index (χ1n) is 8.14. The van der Waals surface area contributed by atoms with Gasteiger partial charge in [0.15, 0.2) is 5.82 Å². The number of likely N-dealkylation sites (tertiary alicyclic amines) is 1. The van der Waals surface area contributed by atoms with Crippen molar-refractivity contribution in [2.24, 2.45) is 0 Å². The molecule has 3 rings (SSSR count). The molecular weight excluding hydrogens is 328 g/mol. The van der Waals surface area contributed by atoms with Crippen molar-refractivity contribution >= 4 is 23.3 Å². The van der Waals surface area contributed by atoms with Gasteiger partial charge < -0.3 is 15.7 Å². The van der Waals surface area contributed by atoms with Crippen LogP contribution in [0.3, 0.4) is 0 Å². The van der Waals surface area contributed by atoms with E-state index >= 15 is 0 Å². The molecule has 1 aromatic carbocycles. The number of hydrogen-bond acceptors (Lipinski definition) is 4. The normalized spacial score (nSPS) is 17.9. The van der Waals surface area contributed by atoms with E-state index in [4.69, 9.17) is 17.3 Å². The van der Waals surface area contributed by atoms with Crippen LogP contribution in [-0.2, 0) is 6.42 Å². The van der Waals surface area contributed by atoms with E-state index in [0.29, 0.717) is 6.54 Å². The van der Waals surface area contributed by atoms with E-state index in [1.54, 1.807) is 12.1 Å². The molecule has 1 fully saturated rings. The number of carbonyl (C=O) groups excluding carboxylic acids is 1. The Morgan fingerprint density at radius 3 is 3.00 bits per heavy atom. The number of aromatic hydroxyl groups is 1. The monoisotopic (exact) mass is 348 g/mol. The highest BCUT2D eigenvalue weighted by atomic mass is 35.5. The lowest BCUT2D eigenvalue weighted by Crippen LogP contribution is -2.44. The van der Waals surface area contributed by atoms with Crippen LogP contribution in [0.25, 0.3) is 0 Å². The van der Waals surface area contributed by atoms with Crippen molar-refractivity contribution in [3.05, 3.63) is 40.5 Å². The van der Waals surface area contributed by atoms with Gasteiger partial charge in [-0.05, 0) is 49.8 Å². The van der Waals surface area contributed by atoms with Crippen molar-refractivity contribution < 1.29 is 9.90 Å². The van der Waals surface area contributed by atoms with Gasteiger partial charge in [0.2, 0.25) is 0 Å². The van der Waals surface area contributed by atoms with Gasteiger partial charge in [0, 0.05) is 12.6 Å². The van der Waals surface area contributed by atoms with Crippen LogP contribution in [0.1, 0.15) is 41.7 Å². The fourth-order valence-corrected chi connectivity index (χ4v) is 3.41. The number of piperidine rings is 1. The highest BCUT2D eigenvalue weighted by Gasteiger charge is 2.30. The number of aromatic amines is 1. The summed E-state index contributed by atoms with van der Waals surface area (Å²) >= 11 is 6.07. The summed E-state index contributed by atoms with van der Waals surface area (Å²) in [4.78, 5) is 14.7. The van der Waals surface area contributed by atoms with E-state index in [2.05, 4.69) is 10.2 Å². The summed E-state index contributed by atoms with van der Waals surface area (Å²) in [6.45, 7) is 0.707. The van der Waals surface area contributed by atoms with E-state index in [1.165, 1.54) is 0 Å². The summed E-state index contributed by atoms with van der Waals surface area (Å²) < 4.78 is 0. The lowest BCUT2D eigenvalue weighted by Gasteiger charge is -2.35. The Balaban J connectivity index is 1.71. The Morgan fingerprint density at radius 2 is 2.29 bits per heavy atom. The maximum Gasteiger partial charge on any atom is 0.273 e. The summed E-state index contributed by atoms with van der Waals surface area (Å²) in [5.74, 6) is 0.266. The maximum atomic E-state index is 12.8. The Hall–Kier alpha value is -2.21. The minimum Gasteiger partial charge on any atom is -0.508 e. The van der Waals surface area contributed by atoms with Gasteiger partial charge >= 0.3 is 0 Å². The smallest absolute Gasteiger partial charge is 0.273 e. The molecule has 2 heterocycles. The number of nitrogens with one attached hydrogen (secondary N) is 1. The predicted molar refractivity (Wildman–Crippen MR) is 93.1 cm³/mol. The molecule has 6 nitrogen and oxygen atoms in total. The second-order valence-electron chi connectivity index (χ2n) is 6.15. The lowest BCUT2D eigenvalue weighted by atomic mass is 9.95. The van der Waals surface area contributed by atoms with Crippen molar-refractivity contribution in [1.29, 1.82) is 0 Å². The summed E-state index contributed by atoms with van der Waals surface area (Å²) in [5, 5.41) is 16.2. The van der Waals surface area contributed by atoms with Crippen molar-refractivity contribution in [1.82, 2.24) is 15.1 Å². The Bertz CT molecular complexity index is 731. The molecule has 128 valence electrons. The molecule has 0 aliphatic carbocycles. The molecule has 7 heteroatoms. The van der Waals surface area contributed by atoms with Crippen molar-refractivity contribution in [2.45, 2.75) is 38.1 Å². The number of halogens is 1. The highest BCUT2D eigenvalue weighted by molar-refractivity contribution is 6.35. The molecule has 4 N–H and O–H groups in total. The molecule has 1 atom stereocenters. The average Bonchev–Trinajstić information content (AvgIpc) is 2.92. The van der Waals surface area contributed by atoms with Crippen LogP contribution in [0.15, 0.2) is 24.3 Å². The number of nitrogen functional groups attached to an aromatic ring is 1. The number of benzene rings is 1. The van der Waals surface area contributed by atoms with E-state index in [-0.39, 0.29) is 34.2 Å². The van der Waals surface area contributed by atoms with E-state index in [1.807, 2.05) is 17.0 Å². The number of rotatable bonds is 4. The fraction of sp³-hybridized carbons (Fsp3) is 0.412. The Labute approximate surface area is 145 Å². The first kappa shape index (κ1) is 16.6. The molecule has 0 unspecified atom stereocenters. The molecular formula is C17H21ClN4O2. The summed E-state index contributed by atoms with van der Waals surface area (Å²) in [6.07, 6.45) is 4.70. The molecule has 1 saturated heterocycles. The quantitative estimate of drug-likeness (QED) is 0.791. The summed E-state index contributed by atoms with van der Waals surface area (Å²) in [5.41, 5.74) is 6.95. The Kier molecular flexibility index (Phi) is 4.94. The number of H-pyrrole nitrogens is 1. The molecule has 1 amide bonds. The van der Waals surface area contributed by atoms with Crippen LogP contribution in [0.2, 0.25) is 5.02 Å². The summed E-state index contributed by atoms with van der Waals surface area (Å²) in [7, 11) is 0. The molecule has 0 saturated carbocycles. The predicted octanol–water partition coefficient (Wildman–Crippen LogP) is 2.98. The van der Waals surface area contributed by atoms with E-state index in [0.717, 1.165) is 37.7 Å². The number of aromatic nitrogens is 2. The number of aryl methyl sites for hydroxylation is 1. The number of phenolic OH excluding ortho intramolecular Hbond substituents is 1. The van der Waals surface area contributed by atoms with E-state index < -0.39 is 0 Å². The number of phenols is 1. The largest absolute Gasteiger partial charge is 0.508 e. The second kappa shape index (κ2) is 7.13. The number of nitrogens with zero attached hydrogens (tertiary/aromatic N) is 2. The standard InChI is InChI=1S/C17H21ClN4O2/c18-14-15(20-21-16(14)19)17(24)22-9-2-1-5-12(22)8-7-11-4-3-6-13(23)10-11/h3-4,6,10,12,23H,1-2,5,7-9H2,(H3,19,20,21)/t12-/m0/s1. The number of anilines is 1. The van der Waals surface area contributed by atoms with Crippen LogP contribution >= 0.6 is 11.6 Å². The van der Waals surface area contributed by atoms with Crippen LogP contribution in [0, 0.1) is 0 Å². The average molecular weight is 349 g/mol. The van der Waals surface area contributed by atoms with Gasteiger partial charge in [-0.25, -0.2) is 0 Å². The summed E-state index contributed by atoms with van der Waals surface area (Å²) in [6, 6.07) is 7.39. The van der Waals surface area contributed by atoms with Gasteiger partial charge in [0.25, 0.3) is 5.91 Å². The van der Waals surface area contributed by atoms with Crippen LogP contribution < -0.4 is 5.73 Å². The van der Waals surface area contributed by atoms with Gasteiger partial charge in [0.05, 0.1) is 0 Å². The topological polar surface area (TPSA) is 95.2 Å². The third-order valence-corrected chi connectivity index (χ3v) is 4.89. The van der Waals surface area contributed by atoms with Crippen LogP contribution in [0.4, 0.5) is 5.82 Å². The number of hydrogen-bond donors (Lipinski definition) is 3. The SMILES string of the molecule is Nc1n[nH]c(C(=O)N2CCCC[C@H]2CCc2cccc(O)c2)c1Cl. The fourth-order valence-electron chi connectivity index (χ4n) is 3.24. The molecule has 2 aromatic rings. The van der Waals surface area contributed by atoms with E-state index in [9.17, 15) is 9.90 Å². The van der Waals surface area contributed by atoms with Gasteiger partial charge in [0.1, 0.15) is 16.5 Å². The number of amides is 1. The lowest BCUT2D eigenvalue weighted by molar-refractivity contribution is 0.0596.